The fourth-order valence-corrected chi connectivity index (χ4v) is 6.95. The van der Waals surface area contributed by atoms with Gasteiger partial charge in [-0.3, -0.25) is 4.84 Å². The van der Waals surface area contributed by atoms with Gasteiger partial charge in [-0.15, -0.1) is 0 Å². The molecular formula is C27H30N2O2. The highest BCUT2D eigenvalue weighted by atomic mass is 16.6. The minimum Gasteiger partial charge on any atom is -0.487 e. The summed E-state index contributed by atoms with van der Waals surface area (Å²) in [5.74, 6) is 10.7. The van der Waals surface area contributed by atoms with Crippen molar-refractivity contribution in [2.45, 2.75) is 44.8 Å². The van der Waals surface area contributed by atoms with Gasteiger partial charge in [0, 0.05) is 5.39 Å². The Balaban J connectivity index is 1.15. The lowest BCUT2D eigenvalue weighted by Gasteiger charge is -2.56. The zero-order valence-corrected chi connectivity index (χ0v) is 17.8. The number of benzene rings is 2. The quantitative estimate of drug-likeness (QED) is 0.517. The number of nitrogens with zero attached hydrogens (tertiary/aromatic N) is 1. The molecule has 0 saturated heterocycles. The topological polar surface area (TPSA) is 57.4 Å². The van der Waals surface area contributed by atoms with Crippen LogP contribution in [0.3, 0.4) is 0 Å². The third-order valence-corrected chi connectivity index (χ3v) is 8.05. The van der Waals surface area contributed by atoms with E-state index >= 15 is 0 Å². The summed E-state index contributed by atoms with van der Waals surface area (Å²) in [6, 6.07) is 20.6. The summed E-state index contributed by atoms with van der Waals surface area (Å²) in [6.45, 7) is 0.455. The van der Waals surface area contributed by atoms with E-state index in [1.165, 1.54) is 37.7 Å². The third kappa shape index (κ3) is 3.62. The van der Waals surface area contributed by atoms with Gasteiger partial charge in [0.15, 0.2) is 0 Å². The molecule has 4 aliphatic rings. The Morgan fingerprint density at radius 3 is 2.26 bits per heavy atom. The highest BCUT2D eigenvalue weighted by molar-refractivity contribution is 5.78. The smallest absolute Gasteiger partial charge is 0.130 e. The summed E-state index contributed by atoms with van der Waals surface area (Å²) in [6.07, 6.45) is 6.95. The molecule has 4 nitrogen and oxygen atoms in total. The van der Waals surface area contributed by atoms with E-state index in [9.17, 15) is 0 Å². The van der Waals surface area contributed by atoms with Gasteiger partial charge in [-0.1, -0.05) is 36.4 Å². The molecule has 1 atom stereocenters. The minimum atomic E-state index is -0.00814. The number of para-hydroxylation sites is 1. The van der Waals surface area contributed by atoms with Crippen molar-refractivity contribution in [3.8, 4) is 5.75 Å². The second kappa shape index (κ2) is 7.92. The summed E-state index contributed by atoms with van der Waals surface area (Å²) < 4.78 is 6.01. The molecule has 3 aromatic rings. The van der Waals surface area contributed by atoms with E-state index in [2.05, 4.69) is 24.3 Å². The number of hydrogen-bond donors (Lipinski definition) is 1. The average Bonchev–Trinajstić information content (AvgIpc) is 2.80. The highest BCUT2D eigenvalue weighted by Crippen LogP contribution is 2.59. The first-order valence-corrected chi connectivity index (χ1v) is 11.7. The van der Waals surface area contributed by atoms with Crippen molar-refractivity contribution in [1.29, 1.82) is 0 Å². The van der Waals surface area contributed by atoms with Crippen LogP contribution in [0.5, 0.6) is 5.75 Å². The van der Waals surface area contributed by atoms with Crippen LogP contribution in [0.25, 0.3) is 10.9 Å². The first-order chi connectivity index (χ1) is 15.3. The van der Waals surface area contributed by atoms with Crippen molar-refractivity contribution in [2.24, 2.45) is 35.5 Å². The van der Waals surface area contributed by atoms with Gasteiger partial charge in [-0.05, 0) is 91.5 Å². The molecule has 4 heteroatoms. The molecular weight excluding hydrogens is 384 g/mol. The van der Waals surface area contributed by atoms with E-state index in [1.807, 2.05) is 36.4 Å². The number of rotatable bonds is 6. The van der Waals surface area contributed by atoms with Crippen LogP contribution in [-0.4, -0.2) is 4.98 Å². The van der Waals surface area contributed by atoms with Gasteiger partial charge in [0.05, 0.1) is 11.2 Å². The van der Waals surface area contributed by atoms with Gasteiger partial charge in [0.2, 0.25) is 0 Å². The molecule has 0 amide bonds. The van der Waals surface area contributed by atoms with Crippen LogP contribution in [0.1, 0.15) is 49.5 Å². The zero-order valence-electron chi connectivity index (χ0n) is 17.8. The molecule has 0 aliphatic heterocycles. The van der Waals surface area contributed by atoms with E-state index < -0.39 is 0 Å². The standard InChI is InChI=1S/C27H30N2O2/c28-31-27(26-21-12-17-11-18(14-21)15-22(26)13-17)20-6-9-24(10-7-20)30-16-23-8-5-19-3-1-2-4-25(19)29-23/h1-10,17-18,21-22,26-27H,11-16,28H2. The normalized spacial score (nSPS) is 29.9. The number of pyridine rings is 1. The van der Waals surface area contributed by atoms with Crippen LogP contribution in [0.15, 0.2) is 60.7 Å². The molecule has 31 heavy (non-hydrogen) atoms. The first kappa shape index (κ1) is 19.3. The van der Waals surface area contributed by atoms with Crippen molar-refractivity contribution in [2.75, 3.05) is 0 Å². The summed E-state index contributed by atoms with van der Waals surface area (Å²) in [4.78, 5) is 10.3. The predicted molar refractivity (Wildman–Crippen MR) is 121 cm³/mol. The number of aromatic nitrogens is 1. The second-order valence-corrected chi connectivity index (χ2v) is 9.92. The maximum absolute atomic E-state index is 6.01. The maximum atomic E-state index is 6.01. The van der Waals surface area contributed by atoms with Crippen molar-refractivity contribution >= 4 is 10.9 Å². The third-order valence-electron chi connectivity index (χ3n) is 8.05. The molecule has 0 spiro atoms. The molecule has 2 aromatic carbocycles. The Morgan fingerprint density at radius 1 is 0.839 bits per heavy atom. The van der Waals surface area contributed by atoms with Gasteiger partial charge in [-0.2, -0.15) is 0 Å². The van der Waals surface area contributed by atoms with Crippen LogP contribution in [0.2, 0.25) is 0 Å². The fourth-order valence-electron chi connectivity index (χ4n) is 6.95. The molecule has 1 aromatic heterocycles. The number of ether oxygens (including phenoxy) is 1. The molecule has 4 saturated carbocycles. The summed E-state index contributed by atoms with van der Waals surface area (Å²) in [5.41, 5.74) is 3.10. The molecule has 160 valence electrons. The fraction of sp³-hybridized carbons (Fsp3) is 0.444. The molecule has 1 unspecified atom stereocenters. The zero-order chi connectivity index (χ0) is 20.8. The summed E-state index contributed by atoms with van der Waals surface area (Å²) in [5, 5.41) is 1.15. The minimum absolute atomic E-state index is 0.00814. The van der Waals surface area contributed by atoms with Crippen molar-refractivity contribution < 1.29 is 9.57 Å². The lowest BCUT2D eigenvalue weighted by atomic mass is 9.50. The van der Waals surface area contributed by atoms with E-state index in [0.29, 0.717) is 12.5 Å². The van der Waals surface area contributed by atoms with E-state index in [4.69, 9.17) is 20.5 Å². The van der Waals surface area contributed by atoms with Crippen LogP contribution < -0.4 is 10.6 Å². The van der Waals surface area contributed by atoms with Crippen molar-refractivity contribution in [3.05, 3.63) is 71.9 Å². The first-order valence-electron chi connectivity index (χ1n) is 11.7. The van der Waals surface area contributed by atoms with Gasteiger partial charge in [0.1, 0.15) is 18.5 Å². The largest absolute Gasteiger partial charge is 0.487 e. The molecule has 4 bridgehead atoms. The van der Waals surface area contributed by atoms with Gasteiger partial charge in [0.25, 0.3) is 0 Å². The molecule has 7 rings (SSSR count). The van der Waals surface area contributed by atoms with Crippen LogP contribution in [-0.2, 0) is 11.4 Å². The Kier molecular flexibility index (Phi) is 4.92. The SMILES string of the molecule is NOC(c1ccc(OCc2ccc3ccccc3n2)cc1)C1C2CC3CC(C2)CC1C3. The van der Waals surface area contributed by atoms with Gasteiger partial charge in [-0.25, -0.2) is 10.9 Å². The Hall–Kier alpha value is -2.43. The van der Waals surface area contributed by atoms with Crippen molar-refractivity contribution in [1.82, 2.24) is 4.98 Å². The summed E-state index contributed by atoms with van der Waals surface area (Å²) in [7, 11) is 0. The Morgan fingerprint density at radius 2 is 1.55 bits per heavy atom. The highest BCUT2D eigenvalue weighted by Gasteiger charge is 2.51. The lowest BCUT2D eigenvalue weighted by Crippen LogP contribution is -2.47. The monoisotopic (exact) mass is 414 g/mol. The molecule has 4 aliphatic carbocycles. The van der Waals surface area contributed by atoms with Crippen LogP contribution in [0, 0.1) is 29.6 Å². The molecule has 4 fully saturated rings. The number of fused-ring (bicyclic) bond motifs is 1. The second-order valence-electron chi connectivity index (χ2n) is 9.92. The predicted octanol–water partition coefficient (Wildman–Crippen LogP) is 5.82. The summed E-state index contributed by atoms with van der Waals surface area (Å²) >= 11 is 0. The Bertz CT molecular complexity index is 1040. The van der Waals surface area contributed by atoms with Gasteiger partial charge >= 0.3 is 0 Å². The van der Waals surface area contributed by atoms with E-state index in [-0.39, 0.29) is 6.10 Å². The average molecular weight is 415 g/mol. The molecule has 0 radical (unpaired) electrons. The molecule has 2 N–H and O–H groups in total. The molecule has 1 heterocycles. The van der Waals surface area contributed by atoms with Crippen molar-refractivity contribution in [3.63, 3.8) is 0 Å². The van der Waals surface area contributed by atoms with Gasteiger partial charge < -0.3 is 4.74 Å². The van der Waals surface area contributed by atoms with E-state index in [0.717, 1.165) is 46.0 Å². The lowest BCUT2D eigenvalue weighted by molar-refractivity contribution is -0.115. The maximum Gasteiger partial charge on any atom is 0.130 e. The van der Waals surface area contributed by atoms with E-state index in [1.54, 1.807) is 0 Å². The van der Waals surface area contributed by atoms with Crippen LogP contribution >= 0.6 is 0 Å². The number of hydrogen-bond acceptors (Lipinski definition) is 4. The van der Waals surface area contributed by atoms with Crippen LogP contribution in [0.4, 0.5) is 0 Å². The Labute approximate surface area is 183 Å². The number of nitrogens with two attached hydrogens (primary N) is 1.